The fourth-order valence-electron chi connectivity index (χ4n) is 2.94. The Hall–Kier alpha value is -0.0800. The Morgan fingerprint density at radius 2 is 2.07 bits per heavy atom. The molecule has 2 atom stereocenters. The molecule has 0 spiro atoms. The summed E-state index contributed by atoms with van der Waals surface area (Å²) in [6.45, 7) is 12.2. The number of hydrogen-bond acceptors (Lipinski definition) is 2. The smallest absolute Gasteiger partial charge is 0.0120 e. The lowest BCUT2D eigenvalue weighted by atomic mass is 9.90. The van der Waals surface area contributed by atoms with Crippen molar-refractivity contribution in [1.82, 2.24) is 10.2 Å². The standard InChI is InChI=1S/C12H24N2/c1-12(2,3)9-14-7-5-11-10(8-14)4-6-13-11/h10-11,13H,4-9H2,1-3H3. The largest absolute Gasteiger partial charge is 0.314 e. The highest BCUT2D eigenvalue weighted by Crippen LogP contribution is 2.26. The van der Waals surface area contributed by atoms with Gasteiger partial charge in [0.05, 0.1) is 0 Å². The maximum atomic E-state index is 3.62. The van der Waals surface area contributed by atoms with Crippen LogP contribution in [0.15, 0.2) is 0 Å². The van der Waals surface area contributed by atoms with Crippen molar-refractivity contribution < 1.29 is 0 Å². The summed E-state index contributed by atoms with van der Waals surface area (Å²) in [6.07, 6.45) is 2.76. The van der Waals surface area contributed by atoms with Crippen LogP contribution in [0.25, 0.3) is 0 Å². The quantitative estimate of drug-likeness (QED) is 0.687. The minimum absolute atomic E-state index is 0.457. The van der Waals surface area contributed by atoms with E-state index in [1.54, 1.807) is 0 Å². The number of likely N-dealkylation sites (tertiary alicyclic amines) is 1. The van der Waals surface area contributed by atoms with Crippen LogP contribution in [0.3, 0.4) is 0 Å². The minimum Gasteiger partial charge on any atom is -0.314 e. The molecule has 2 rings (SSSR count). The molecule has 2 fully saturated rings. The van der Waals surface area contributed by atoms with E-state index in [2.05, 4.69) is 31.0 Å². The molecule has 1 N–H and O–H groups in total. The molecule has 0 saturated carbocycles. The van der Waals surface area contributed by atoms with Gasteiger partial charge in [0.15, 0.2) is 0 Å². The highest BCUT2D eigenvalue weighted by Gasteiger charge is 2.33. The highest BCUT2D eigenvalue weighted by molar-refractivity contribution is 4.90. The number of piperidine rings is 1. The Bertz CT molecular complexity index is 195. The van der Waals surface area contributed by atoms with Crippen molar-refractivity contribution in [2.24, 2.45) is 11.3 Å². The number of nitrogens with zero attached hydrogens (tertiary/aromatic N) is 1. The van der Waals surface area contributed by atoms with Crippen LogP contribution in [0.4, 0.5) is 0 Å². The Morgan fingerprint density at radius 1 is 1.29 bits per heavy atom. The minimum atomic E-state index is 0.457. The van der Waals surface area contributed by atoms with Crippen molar-refractivity contribution in [3.8, 4) is 0 Å². The van der Waals surface area contributed by atoms with Gasteiger partial charge in [0, 0.05) is 19.1 Å². The molecule has 0 aliphatic carbocycles. The first-order chi connectivity index (χ1) is 6.54. The molecule has 2 heteroatoms. The summed E-state index contributed by atoms with van der Waals surface area (Å²) >= 11 is 0. The highest BCUT2D eigenvalue weighted by atomic mass is 15.2. The molecule has 0 bridgehead atoms. The van der Waals surface area contributed by atoms with Gasteiger partial charge in [0.25, 0.3) is 0 Å². The van der Waals surface area contributed by atoms with Crippen LogP contribution in [0.2, 0.25) is 0 Å². The molecule has 82 valence electrons. The van der Waals surface area contributed by atoms with E-state index in [4.69, 9.17) is 0 Å². The van der Waals surface area contributed by atoms with Gasteiger partial charge in [-0.15, -0.1) is 0 Å². The fraction of sp³-hybridized carbons (Fsp3) is 1.00. The summed E-state index contributed by atoms with van der Waals surface area (Å²) in [4.78, 5) is 2.66. The summed E-state index contributed by atoms with van der Waals surface area (Å²) < 4.78 is 0. The van der Waals surface area contributed by atoms with E-state index in [0.29, 0.717) is 5.41 Å². The van der Waals surface area contributed by atoms with E-state index in [-0.39, 0.29) is 0 Å². The molecule has 2 aliphatic rings. The lowest BCUT2D eigenvalue weighted by Gasteiger charge is -2.38. The second kappa shape index (κ2) is 3.82. The van der Waals surface area contributed by atoms with Gasteiger partial charge >= 0.3 is 0 Å². The fourth-order valence-corrected chi connectivity index (χ4v) is 2.94. The van der Waals surface area contributed by atoms with E-state index in [1.807, 2.05) is 0 Å². The van der Waals surface area contributed by atoms with Crippen LogP contribution in [0, 0.1) is 11.3 Å². The Balaban J connectivity index is 1.85. The molecule has 2 nitrogen and oxygen atoms in total. The SMILES string of the molecule is CC(C)(C)CN1CCC2NCCC2C1. The lowest BCUT2D eigenvalue weighted by molar-refractivity contribution is 0.120. The van der Waals surface area contributed by atoms with Crippen LogP contribution >= 0.6 is 0 Å². The van der Waals surface area contributed by atoms with Gasteiger partial charge in [-0.1, -0.05) is 20.8 Å². The molecule has 2 unspecified atom stereocenters. The molecule has 2 heterocycles. The number of hydrogen-bond donors (Lipinski definition) is 1. The first-order valence-electron chi connectivity index (χ1n) is 6.00. The predicted octanol–water partition coefficient (Wildman–Crippen LogP) is 1.72. The van der Waals surface area contributed by atoms with E-state index in [0.717, 1.165) is 12.0 Å². The van der Waals surface area contributed by atoms with Crippen molar-refractivity contribution in [2.75, 3.05) is 26.2 Å². The van der Waals surface area contributed by atoms with Crippen LogP contribution in [-0.4, -0.2) is 37.1 Å². The summed E-state index contributed by atoms with van der Waals surface area (Å²) in [7, 11) is 0. The summed E-state index contributed by atoms with van der Waals surface area (Å²) in [5.41, 5.74) is 0.457. The maximum absolute atomic E-state index is 3.62. The zero-order valence-corrected chi connectivity index (χ0v) is 9.84. The van der Waals surface area contributed by atoms with Crippen molar-refractivity contribution in [1.29, 1.82) is 0 Å². The van der Waals surface area contributed by atoms with Gasteiger partial charge in [-0.25, -0.2) is 0 Å². The van der Waals surface area contributed by atoms with E-state index < -0.39 is 0 Å². The van der Waals surface area contributed by atoms with Gasteiger partial charge in [-0.2, -0.15) is 0 Å². The predicted molar refractivity (Wildman–Crippen MR) is 60.4 cm³/mol. The summed E-state index contributed by atoms with van der Waals surface area (Å²) in [6, 6.07) is 0.839. The third-order valence-electron chi connectivity index (χ3n) is 3.44. The van der Waals surface area contributed by atoms with Gasteiger partial charge < -0.3 is 10.2 Å². The molecule has 0 aromatic rings. The lowest BCUT2D eigenvalue weighted by Crippen LogP contribution is -2.46. The van der Waals surface area contributed by atoms with Gasteiger partial charge in [-0.05, 0) is 37.3 Å². The van der Waals surface area contributed by atoms with E-state index in [1.165, 1.54) is 39.0 Å². The third kappa shape index (κ3) is 2.48. The molecule has 2 saturated heterocycles. The second-order valence-corrected chi connectivity index (χ2v) is 6.19. The Morgan fingerprint density at radius 3 is 2.79 bits per heavy atom. The molecule has 2 aliphatic heterocycles. The second-order valence-electron chi connectivity index (χ2n) is 6.19. The molecular weight excluding hydrogens is 172 g/mol. The van der Waals surface area contributed by atoms with Crippen LogP contribution in [0.1, 0.15) is 33.6 Å². The summed E-state index contributed by atoms with van der Waals surface area (Å²) in [5.74, 6) is 0.936. The molecule has 0 amide bonds. The first kappa shape index (κ1) is 10.4. The van der Waals surface area contributed by atoms with Crippen LogP contribution in [-0.2, 0) is 0 Å². The van der Waals surface area contributed by atoms with Crippen molar-refractivity contribution in [3.63, 3.8) is 0 Å². The molecule has 0 radical (unpaired) electrons. The molecule has 0 aromatic carbocycles. The number of nitrogens with one attached hydrogen (secondary N) is 1. The van der Waals surface area contributed by atoms with E-state index in [9.17, 15) is 0 Å². The van der Waals surface area contributed by atoms with Crippen LogP contribution in [0.5, 0.6) is 0 Å². The topological polar surface area (TPSA) is 15.3 Å². The number of fused-ring (bicyclic) bond motifs is 1. The maximum Gasteiger partial charge on any atom is 0.0120 e. The van der Waals surface area contributed by atoms with Crippen molar-refractivity contribution in [2.45, 2.75) is 39.7 Å². The van der Waals surface area contributed by atoms with Crippen molar-refractivity contribution in [3.05, 3.63) is 0 Å². The Labute approximate surface area is 88.1 Å². The average molecular weight is 196 g/mol. The molecular formula is C12H24N2. The van der Waals surface area contributed by atoms with Crippen LogP contribution < -0.4 is 5.32 Å². The molecule has 14 heavy (non-hydrogen) atoms. The number of rotatable bonds is 1. The molecule has 0 aromatic heterocycles. The van der Waals surface area contributed by atoms with Gasteiger partial charge in [-0.3, -0.25) is 0 Å². The zero-order chi connectivity index (χ0) is 10.2. The average Bonchev–Trinajstić information content (AvgIpc) is 2.47. The van der Waals surface area contributed by atoms with E-state index >= 15 is 0 Å². The Kier molecular flexibility index (Phi) is 2.85. The van der Waals surface area contributed by atoms with Crippen molar-refractivity contribution >= 4 is 0 Å². The normalized spacial score (nSPS) is 34.5. The third-order valence-corrected chi connectivity index (χ3v) is 3.44. The monoisotopic (exact) mass is 196 g/mol. The van der Waals surface area contributed by atoms with Gasteiger partial charge in [0.2, 0.25) is 0 Å². The van der Waals surface area contributed by atoms with Gasteiger partial charge in [0.1, 0.15) is 0 Å². The first-order valence-corrected chi connectivity index (χ1v) is 6.00. The zero-order valence-electron chi connectivity index (χ0n) is 9.84. The summed E-state index contributed by atoms with van der Waals surface area (Å²) in [5, 5.41) is 3.62.